The van der Waals surface area contributed by atoms with Gasteiger partial charge >= 0.3 is 0 Å². The first-order valence-electron chi connectivity index (χ1n) is 13.6. The molecule has 38 heavy (non-hydrogen) atoms. The van der Waals surface area contributed by atoms with Crippen molar-refractivity contribution < 1.29 is 14.3 Å². The molecule has 4 atom stereocenters. The lowest BCUT2D eigenvalue weighted by Crippen LogP contribution is -2.52. The van der Waals surface area contributed by atoms with Crippen LogP contribution < -0.4 is 10.6 Å². The lowest BCUT2D eigenvalue weighted by molar-refractivity contribution is -0.174. The molecule has 1 amide bonds. The average Bonchev–Trinajstić information content (AvgIpc) is 3.48. The summed E-state index contributed by atoms with van der Waals surface area (Å²) in [6.07, 6.45) is 6.20. The van der Waals surface area contributed by atoms with Crippen LogP contribution in [0.2, 0.25) is 0 Å². The van der Waals surface area contributed by atoms with Crippen LogP contribution in [0.4, 0.5) is 0 Å². The van der Waals surface area contributed by atoms with Crippen LogP contribution in [0.1, 0.15) is 66.4 Å². The molecule has 2 aliphatic rings. The van der Waals surface area contributed by atoms with E-state index in [2.05, 4.69) is 66.5 Å². The summed E-state index contributed by atoms with van der Waals surface area (Å²) in [5, 5.41) is 8.82. The molecule has 3 heterocycles. The van der Waals surface area contributed by atoms with Gasteiger partial charge in [-0.05, 0) is 62.1 Å². The highest BCUT2D eigenvalue weighted by atomic mass is 16.6. The quantitative estimate of drug-likeness (QED) is 0.353. The van der Waals surface area contributed by atoms with Crippen LogP contribution in [0.15, 0.2) is 55.1 Å². The molecular weight excluding hydrogens is 474 g/mol. The number of hydrogen-bond acceptors (Lipinski definition) is 4. The molecule has 3 aromatic rings. The summed E-state index contributed by atoms with van der Waals surface area (Å²) in [7, 11) is 3.77. The average molecular weight is 514 g/mol. The maximum Gasteiger partial charge on any atom is 0.252 e. The first kappa shape index (κ1) is 26.4. The van der Waals surface area contributed by atoms with Crippen LogP contribution in [-0.4, -0.2) is 42.9 Å². The van der Waals surface area contributed by atoms with Crippen molar-refractivity contribution in [1.82, 2.24) is 15.2 Å². The van der Waals surface area contributed by atoms with Gasteiger partial charge in [-0.2, -0.15) is 0 Å². The van der Waals surface area contributed by atoms with E-state index in [-0.39, 0.29) is 30.4 Å². The summed E-state index contributed by atoms with van der Waals surface area (Å²) < 4.78 is 15.4. The molecular formula is C32H39N3O3. The van der Waals surface area contributed by atoms with Crippen LogP contribution in [-0.2, 0) is 16.0 Å². The molecule has 0 aliphatic carbocycles. The number of methoxy groups -OCH3 is 1. The molecule has 2 N–H and O–H groups in total. The normalized spacial score (nSPS) is 23.9. The number of allylic oxidation sites excluding steroid dienone is 4. The molecule has 2 aliphatic heterocycles. The number of ether oxygens (including phenoxy) is 2. The predicted octanol–water partition coefficient (Wildman–Crippen LogP) is 6.18. The fourth-order valence-electron chi connectivity index (χ4n) is 6.60. The third-order valence-electron chi connectivity index (χ3n) is 8.39. The number of aromatic nitrogens is 1. The lowest BCUT2D eigenvalue weighted by Gasteiger charge is -2.42. The minimum Gasteiger partial charge on any atom is -0.375 e. The van der Waals surface area contributed by atoms with E-state index in [4.69, 9.17) is 9.47 Å². The molecule has 2 aromatic carbocycles. The number of rotatable bonds is 8. The smallest absolute Gasteiger partial charge is 0.252 e. The summed E-state index contributed by atoms with van der Waals surface area (Å²) in [6, 6.07) is 8.58. The zero-order chi connectivity index (χ0) is 27.1. The van der Waals surface area contributed by atoms with E-state index in [1.807, 2.05) is 26.1 Å². The predicted molar refractivity (Wildman–Crippen MR) is 155 cm³/mol. The van der Waals surface area contributed by atoms with Crippen molar-refractivity contribution in [3.63, 3.8) is 0 Å². The van der Waals surface area contributed by atoms with Crippen LogP contribution in [0, 0.1) is 6.92 Å². The van der Waals surface area contributed by atoms with Gasteiger partial charge in [0.15, 0.2) is 6.23 Å². The Kier molecular flexibility index (Phi) is 7.32. The van der Waals surface area contributed by atoms with E-state index in [0.717, 1.165) is 74.5 Å². The lowest BCUT2D eigenvalue weighted by atomic mass is 9.87. The van der Waals surface area contributed by atoms with Crippen molar-refractivity contribution in [3.05, 3.63) is 77.4 Å². The molecule has 1 fully saturated rings. The second-order valence-electron chi connectivity index (χ2n) is 10.4. The van der Waals surface area contributed by atoms with Crippen molar-refractivity contribution in [2.45, 2.75) is 71.1 Å². The summed E-state index contributed by atoms with van der Waals surface area (Å²) in [6.45, 7) is 14.9. The molecule has 0 saturated carbocycles. The van der Waals surface area contributed by atoms with E-state index in [9.17, 15) is 4.79 Å². The third-order valence-corrected chi connectivity index (χ3v) is 8.39. The molecule has 6 heteroatoms. The number of carbonyl (C=O) groups excluding carboxylic acids is 1. The number of nitrogens with zero attached hydrogens (tertiary/aromatic N) is 1. The number of aryl methyl sites for hydroxylation is 1. The fraction of sp³-hybridized carbons (Fsp3) is 0.406. The Balaban J connectivity index is 1.93. The number of fused-ring (bicyclic) bond motifs is 5. The minimum atomic E-state index is -0.337. The van der Waals surface area contributed by atoms with Gasteiger partial charge in [-0.25, -0.2) is 0 Å². The second kappa shape index (κ2) is 10.5. The number of para-hydroxylation sites is 1. The van der Waals surface area contributed by atoms with Crippen molar-refractivity contribution in [2.75, 3.05) is 14.2 Å². The molecule has 0 bridgehead atoms. The maximum absolute atomic E-state index is 13.3. The molecule has 4 unspecified atom stereocenters. The molecule has 0 radical (unpaired) electrons. The maximum atomic E-state index is 13.3. The number of carbonyl (C=O) groups is 1. The summed E-state index contributed by atoms with van der Waals surface area (Å²) >= 11 is 0. The van der Waals surface area contributed by atoms with E-state index in [0.29, 0.717) is 6.54 Å². The molecule has 1 saturated heterocycles. The van der Waals surface area contributed by atoms with Gasteiger partial charge in [-0.3, -0.25) is 4.79 Å². The number of hydrogen-bond donors (Lipinski definition) is 2. The van der Waals surface area contributed by atoms with Crippen LogP contribution >= 0.6 is 0 Å². The van der Waals surface area contributed by atoms with E-state index < -0.39 is 0 Å². The van der Waals surface area contributed by atoms with Crippen LogP contribution in [0.25, 0.3) is 27.4 Å². The van der Waals surface area contributed by atoms with E-state index in [1.165, 1.54) is 0 Å². The number of amides is 1. The Hall–Kier alpha value is -3.19. The zero-order valence-electron chi connectivity index (χ0n) is 23.2. The molecule has 5 rings (SSSR count). The van der Waals surface area contributed by atoms with Crippen LogP contribution in [0.5, 0.6) is 0 Å². The number of likely N-dealkylation sites (N-methyl/N-ethyl adjacent to an activating group) is 1. The first-order valence-corrected chi connectivity index (χ1v) is 13.6. The van der Waals surface area contributed by atoms with Gasteiger partial charge in [-0.15, -0.1) is 0 Å². The Labute approximate surface area is 225 Å². The van der Waals surface area contributed by atoms with Gasteiger partial charge in [0.2, 0.25) is 0 Å². The molecule has 6 nitrogen and oxygen atoms in total. The van der Waals surface area contributed by atoms with Crippen LogP contribution in [0.3, 0.4) is 0 Å². The van der Waals surface area contributed by atoms with Crippen molar-refractivity contribution in [3.8, 4) is 0 Å². The first-order chi connectivity index (χ1) is 18.4. The Morgan fingerprint density at radius 3 is 2.71 bits per heavy atom. The Morgan fingerprint density at radius 1 is 1.29 bits per heavy atom. The van der Waals surface area contributed by atoms with E-state index >= 15 is 0 Å². The zero-order valence-corrected chi connectivity index (χ0v) is 23.2. The molecule has 0 spiro atoms. The van der Waals surface area contributed by atoms with Crippen molar-refractivity contribution in [2.24, 2.45) is 0 Å². The van der Waals surface area contributed by atoms with Gasteiger partial charge in [-0.1, -0.05) is 56.9 Å². The largest absolute Gasteiger partial charge is 0.375 e. The van der Waals surface area contributed by atoms with Crippen molar-refractivity contribution in [1.29, 1.82) is 0 Å². The highest BCUT2D eigenvalue weighted by Crippen LogP contribution is 2.45. The number of nitrogens with one attached hydrogen (secondary N) is 2. The molecule has 200 valence electrons. The summed E-state index contributed by atoms with van der Waals surface area (Å²) in [5.41, 5.74) is 7.76. The Bertz CT molecular complexity index is 1460. The highest BCUT2D eigenvalue weighted by molar-refractivity contribution is 6.18. The second-order valence-corrected chi connectivity index (χ2v) is 10.4. The number of benzene rings is 2. The Morgan fingerprint density at radius 2 is 2.05 bits per heavy atom. The van der Waals surface area contributed by atoms with Gasteiger partial charge in [0, 0.05) is 36.0 Å². The minimum absolute atomic E-state index is 0.0463. The summed E-state index contributed by atoms with van der Waals surface area (Å²) in [5.74, 6) is -0.0463. The SMILES string of the molecule is C=C/C(C)=C(\C=C)c1c2c(c3c4ccccc4n(C4OC(CCC)CC(NC)C4OC)c3c1C)CNC2=O. The van der Waals surface area contributed by atoms with Gasteiger partial charge in [0.05, 0.1) is 22.7 Å². The van der Waals surface area contributed by atoms with Crippen molar-refractivity contribution >= 4 is 33.3 Å². The van der Waals surface area contributed by atoms with E-state index in [1.54, 1.807) is 7.11 Å². The summed E-state index contributed by atoms with van der Waals surface area (Å²) in [4.78, 5) is 13.3. The third kappa shape index (κ3) is 3.94. The topological polar surface area (TPSA) is 64.5 Å². The molecule has 1 aromatic heterocycles. The van der Waals surface area contributed by atoms with Gasteiger partial charge in [0.1, 0.15) is 6.10 Å². The van der Waals surface area contributed by atoms with Gasteiger partial charge < -0.3 is 24.7 Å². The standard InChI is InChI=1S/C32H39N3O3/c1-8-13-20-16-24(33-6)30(37-7)32(38-20)35-25-15-12-11-14-22(25)27-23-17-34-31(36)28(23)26(19(5)29(27)35)21(10-3)18(4)9-2/h9-12,14-15,20,24,30,32-33H,2-3,8,13,16-17H2,1,4-7H3,(H,34,36)/b21-18+. The van der Waals surface area contributed by atoms with Gasteiger partial charge in [0.25, 0.3) is 5.91 Å². The highest BCUT2D eigenvalue weighted by Gasteiger charge is 2.41. The fourth-order valence-corrected chi connectivity index (χ4v) is 6.60. The monoisotopic (exact) mass is 513 g/mol.